The van der Waals surface area contributed by atoms with Crippen LogP contribution in [0.1, 0.15) is 37.9 Å². The summed E-state index contributed by atoms with van der Waals surface area (Å²) in [6.45, 7) is 8.02. The smallest absolute Gasteiger partial charge is 0.242 e. The molecule has 1 heterocycles. The summed E-state index contributed by atoms with van der Waals surface area (Å²) < 4.78 is 5.64. The van der Waals surface area contributed by atoms with Crippen molar-refractivity contribution in [1.82, 2.24) is 9.80 Å². The van der Waals surface area contributed by atoms with Crippen LogP contribution in [0.25, 0.3) is 0 Å². The number of alkyl halides is 1. The van der Waals surface area contributed by atoms with Crippen LogP contribution in [0.3, 0.4) is 0 Å². The van der Waals surface area contributed by atoms with Gasteiger partial charge in [-0.15, -0.1) is 11.6 Å². The van der Waals surface area contributed by atoms with Crippen LogP contribution in [0.2, 0.25) is 0 Å². The average Bonchev–Trinajstić information content (AvgIpc) is 3.03. The molecule has 1 unspecified atom stereocenters. The average molecular weight is 391 g/mol. The first-order valence-corrected chi connectivity index (χ1v) is 9.53. The topological polar surface area (TPSA) is 53.8 Å². The molecule has 6 heteroatoms. The van der Waals surface area contributed by atoms with Crippen LogP contribution in [0.5, 0.6) is 0 Å². The maximum atomic E-state index is 13.0. The molecule has 0 aliphatic rings. The van der Waals surface area contributed by atoms with Gasteiger partial charge in [-0.3, -0.25) is 9.59 Å². The largest absolute Gasteiger partial charge is 0.464 e. The zero-order chi connectivity index (χ0) is 20.0. The fourth-order valence-corrected chi connectivity index (χ4v) is 2.91. The molecule has 0 N–H and O–H groups in total. The maximum Gasteiger partial charge on any atom is 0.242 e. The molecule has 0 radical (unpaired) electrons. The lowest BCUT2D eigenvalue weighted by Crippen LogP contribution is -2.47. The maximum absolute atomic E-state index is 13.0. The lowest BCUT2D eigenvalue weighted by Gasteiger charge is -2.30. The van der Waals surface area contributed by atoms with Gasteiger partial charge in [-0.25, -0.2) is 0 Å². The number of carbonyl (C=O) groups is 2. The van der Waals surface area contributed by atoms with Gasteiger partial charge in [0.15, 0.2) is 0 Å². The van der Waals surface area contributed by atoms with Crippen molar-refractivity contribution in [3.8, 4) is 0 Å². The zero-order valence-corrected chi connectivity index (χ0v) is 17.1. The van der Waals surface area contributed by atoms with Crippen LogP contribution in [0.4, 0.5) is 0 Å². The Morgan fingerprint density at radius 2 is 1.70 bits per heavy atom. The summed E-state index contributed by atoms with van der Waals surface area (Å²) in [7, 11) is 0. The molecular formula is C21H27ClN2O3. The first-order chi connectivity index (χ1) is 12.8. The number of carbonyl (C=O) groups excluding carboxylic acids is 2. The highest BCUT2D eigenvalue weighted by atomic mass is 35.5. The fraction of sp³-hybridized carbons (Fsp3) is 0.429. The van der Waals surface area contributed by atoms with Gasteiger partial charge in [0.2, 0.25) is 11.8 Å². The van der Waals surface area contributed by atoms with Crippen LogP contribution in [-0.2, 0) is 22.7 Å². The standard InChI is InChI=1S/C21H27ClN2O3/c1-15(2)24(21(26)17(4)22)14-20(25)23(12-18-8-6-5-7-9-18)13-19-11-10-16(3)27-19/h5-11,15,17H,12-14H2,1-4H3. The van der Waals surface area contributed by atoms with Crippen molar-refractivity contribution < 1.29 is 14.0 Å². The fourth-order valence-electron chi connectivity index (χ4n) is 2.78. The second-order valence-electron chi connectivity index (χ2n) is 6.92. The minimum absolute atomic E-state index is 0.0138. The summed E-state index contributed by atoms with van der Waals surface area (Å²) in [6.07, 6.45) is 0. The number of furan rings is 1. The SMILES string of the molecule is Cc1ccc(CN(Cc2ccccc2)C(=O)CN(C(=O)C(C)Cl)C(C)C)o1. The van der Waals surface area contributed by atoms with Gasteiger partial charge in [0, 0.05) is 12.6 Å². The summed E-state index contributed by atoms with van der Waals surface area (Å²) in [5.74, 6) is 1.12. The number of rotatable bonds is 8. The second kappa shape index (κ2) is 9.60. The molecule has 2 amide bonds. The van der Waals surface area contributed by atoms with E-state index in [1.165, 1.54) is 4.90 Å². The molecular weight excluding hydrogens is 364 g/mol. The van der Waals surface area contributed by atoms with E-state index in [1.807, 2.05) is 63.2 Å². The first kappa shape index (κ1) is 21.0. The second-order valence-corrected chi connectivity index (χ2v) is 7.58. The zero-order valence-electron chi connectivity index (χ0n) is 16.3. The number of nitrogens with zero attached hydrogens (tertiary/aromatic N) is 2. The Kier molecular flexibility index (Phi) is 7.48. The molecule has 2 rings (SSSR count). The number of hydrogen-bond acceptors (Lipinski definition) is 3. The Labute approximate surface area is 165 Å². The van der Waals surface area contributed by atoms with Crippen LogP contribution in [0.15, 0.2) is 46.9 Å². The van der Waals surface area contributed by atoms with Gasteiger partial charge in [0.25, 0.3) is 0 Å². The lowest BCUT2D eigenvalue weighted by molar-refractivity contribution is -0.142. The van der Waals surface area contributed by atoms with Crippen molar-refractivity contribution in [2.75, 3.05) is 6.54 Å². The molecule has 1 aromatic heterocycles. The highest BCUT2D eigenvalue weighted by Gasteiger charge is 2.26. The van der Waals surface area contributed by atoms with E-state index in [4.69, 9.17) is 16.0 Å². The predicted molar refractivity (Wildman–Crippen MR) is 106 cm³/mol. The normalized spacial score (nSPS) is 12.1. The van der Waals surface area contributed by atoms with E-state index < -0.39 is 5.38 Å². The van der Waals surface area contributed by atoms with Crippen molar-refractivity contribution in [3.05, 3.63) is 59.5 Å². The van der Waals surface area contributed by atoms with Gasteiger partial charge in [0.1, 0.15) is 23.4 Å². The van der Waals surface area contributed by atoms with E-state index in [9.17, 15) is 9.59 Å². The van der Waals surface area contributed by atoms with E-state index in [-0.39, 0.29) is 24.4 Å². The molecule has 2 aromatic rings. The molecule has 0 fully saturated rings. The molecule has 0 aliphatic heterocycles. The van der Waals surface area contributed by atoms with E-state index in [1.54, 1.807) is 11.8 Å². The summed E-state index contributed by atoms with van der Waals surface area (Å²) in [5.41, 5.74) is 1.02. The molecule has 146 valence electrons. The monoisotopic (exact) mass is 390 g/mol. The lowest BCUT2D eigenvalue weighted by atomic mass is 10.2. The van der Waals surface area contributed by atoms with Crippen LogP contribution >= 0.6 is 11.6 Å². The molecule has 0 saturated heterocycles. The highest BCUT2D eigenvalue weighted by molar-refractivity contribution is 6.30. The molecule has 0 bridgehead atoms. The quantitative estimate of drug-likeness (QED) is 0.640. The summed E-state index contributed by atoms with van der Waals surface area (Å²) in [4.78, 5) is 28.6. The van der Waals surface area contributed by atoms with E-state index in [0.717, 1.165) is 11.3 Å². The molecule has 5 nitrogen and oxygen atoms in total. The molecule has 0 saturated carbocycles. The minimum Gasteiger partial charge on any atom is -0.464 e. The Morgan fingerprint density at radius 3 is 2.22 bits per heavy atom. The predicted octanol–water partition coefficient (Wildman–Crippen LogP) is 3.98. The Hall–Kier alpha value is -2.27. The van der Waals surface area contributed by atoms with Crippen LogP contribution < -0.4 is 0 Å². The third-order valence-electron chi connectivity index (χ3n) is 4.26. The Balaban J connectivity index is 2.19. The summed E-state index contributed by atoms with van der Waals surface area (Å²) in [5, 5.41) is -0.671. The van der Waals surface area contributed by atoms with Gasteiger partial charge < -0.3 is 14.2 Å². The highest BCUT2D eigenvalue weighted by Crippen LogP contribution is 2.15. The van der Waals surface area contributed by atoms with Gasteiger partial charge >= 0.3 is 0 Å². The Morgan fingerprint density at radius 1 is 1.04 bits per heavy atom. The number of aryl methyl sites for hydroxylation is 1. The van der Waals surface area contributed by atoms with E-state index >= 15 is 0 Å². The third-order valence-corrected chi connectivity index (χ3v) is 4.45. The number of benzene rings is 1. The van der Waals surface area contributed by atoms with Gasteiger partial charge in [0.05, 0.1) is 6.54 Å². The number of amides is 2. The molecule has 1 aromatic carbocycles. The van der Waals surface area contributed by atoms with Crippen LogP contribution in [0, 0.1) is 6.92 Å². The molecule has 1 atom stereocenters. The van der Waals surface area contributed by atoms with Crippen molar-refractivity contribution >= 4 is 23.4 Å². The van der Waals surface area contributed by atoms with Gasteiger partial charge in [-0.1, -0.05) is 30.3 Å². The first-order valence-electron chi connectivity index (χ1n) is 9.09. The van der Waals surface area contributed by atoms with Gasteiger partial charge in [-0.2, -0.15) is 0 Å². The summed E-state index contributed by atoms with van der Waals surface area (Å²) >= 11 is 5.96. The van der Waals surface area contributed by atoms with Crippen molar-refractivity contribution in [1.29, 1.82) is 0 Å². The van der Waals surface area contributed by atoms with Gasteiger partial charge in [-0.05, 0) is 45.4 Å². The van der Waals surface area contributed by atoms with E-state index in [2.05, 4.69) is 0 Å². The van der Waals surface area contributed by atoms with Crippen molar-refractivity contribution in [3.63, 3.8) is 0 Å². The Bertz CT molecular complexity index is 756. The molecule has 27 heavy (non-hydrogen) atoms. The number of halogens is 1. The summed E-state index contributed by atoms with van der Waals surface area (Å²) in [6, 6.07) is 13.4. The van der Waals surface area contributed by atoms with Crippen LogP contribution in [-0.4, -0.2) is 39.6 Å². The van der Waals surface area contributed by atoms with Crippen molar-refractivity contribution in [2.45, 2.75) is 52.2 Å². The number of hydrogen-bond donors (Lipinski definition) is 0. The molecule has 0 aliphatic carbocycles. The minimum atomic E-state index is -0.671. The third kappa shape index (κ3) is 6.14. The van der Waals surface area contributed by atoms with Crippen molar-refractivity contribution in [2.24, 2.45) is 0 Å². The molecule has 0 spiro atoms. The van der Waals surface area contributed by atoms with E-state index in [0.29, 0.717) is 18.8 Å².